The molecule has 2 aromatic carbocycles. The Morgan fingerprint density at radius 2 is 1.71 bits per heavy atom. The van der Waals surface area contributed by atoms with Crippen molar-refractivity contribution >= 4 is 34.3 Å². The third-order valence-electron chi connectivity index (χ3n) is 6.82. The first-order chi connectivity index (χ1) is 16.7. The lowest BCUT2D eigenvalue weighted by Gasteiger charge is -2.35. The van der Waals surface area contributed by atoms with Crippen molar-refractivity contribution in [2.24, 2.45) is 0 Å². The number of thioether (sulfide) groups is 1. The van der Waals surface area contributed by atoms with Crippen LogP contribution in [0.15, 0.2) is 60.8 Å². The smallest absolute Gasteiger partial charge is 0.240 e. The minimum absolute atomic E-state index is 0.0808. The van der Waals surface area contributed by atoms with Gasteiger partial charge in [0.1, 0.15) is 16.8 Å². The van der Waals surface area contributed by atoms with Gasteiger partial charge in [-0.05, 0) is 48.5 Å². The Kier molecular flexibility index (Phi) is 7.21. The standard InChI is InChI=1S/C27H32N4O2S/c1-33-24-10-8-21(9-11-24)26-27(32)31(20-34-26)13-5-4-12-29-14-16-30(17-15-29)25-18-22-6-2-3-7-23(22)19-28-25/h2-3,6-11,18-19,26H,4-5,12-17,20H2,1H3. The lowest BCUT2D eigenvalue weighted by atomic mass is 10.1. The minimum atomic E-state index is -0.0808. The molecule has 34 heavy (non-hydrogen) atoms. The van der Waals surface area contributed by atoms with Crippen LogP contribution < -0.4 is 9.64 Å². The van der Waals surface area contributed by atoms with Gasteiger partial charge in [0, 0.05) is 44.3 Å². The molecule has 0 saturated carbocycles. The quantitative estimate of drug-likeness (QED) is 0.449. The lowest BCUT2D eigenvalue weighted by molar-refractivity contribution is -0.128. The van der Waals surface area contributed by atoms with Crippen molar-refractivity contribution in [2.45, 2.75) is 18.1 Å². The van der Waals surface area contributed by atoms with E-state index >= 15 is 0 Å². The van der Waals surface area contributed by atoms with Crippen molar-refractivity contribution in [2.75, 3.05) is 57.2 Å². The normalized spacial score (nSPS) is 19.2. The summed E-state index contributed by atoms with van der Waals surface area (Å²) < 4.78 is 5.23. The monoisotopic (exact) mass is 476 g/mol. The number of methoxy groups -OCH3 is 1. The molecule has 0 N–H and O–H groups in total. The summed E-state index contributed by atoms with van der Waals surface area (Å²) in [7, 11) is 1.66. The first kappa shape index (κ1) is 23.0. The van der Waals surface area contributed by atoms with Crippen molar-refractivity contribution in [3.63, 3.8) is 0 Å². The molecule has 5 rings (SSSR count). The van der Waals surface area contributed by atoms with E-state index < -0.39 is 0 Å². The first-order valence-corrected chi connectivity index (χ1v) is 13.1. The molecule has 1 amide bonds. The molecular formula is C27H32N4O2S. The van der Waals surface area contributed by atoms with E-state index in [4.69, 9.17) is 4.74 Å². The zero-order valence-electron chi connectivity index (χ0n) is 19.7. The molecule has 0 aliphatic carbocycles. The van der Waals surface area contributed by atoms with E-state index in [0.29, 0.717) is 0 Å². The van der Waals surface area contributed by atoms with Gasteiger partial charge in [-0.25, -0.2) is 4.98 Å². The van der Waals surface area contributed by atoms with Crippen LogP contribution in [0.1, 0.15) is 23.7 Å². The van der Waals surface area contributed by atoms with Crippen LogP contribution >= 0.6 is 11.8 Å². The highest BCUT2D eigenvalue weighted by atomic mass is 32.2. The Labute approximate surface area is 205 Å². The maximum absolute atomic E-state index is 12.9. The van der Waals surface area contributed by atoms with Crippen molar-refractivity contribution in [1.82, 2.24) is 14.8 Å². The first-order valence-electron chi connectivity index (χ1n) is 12.1. The molecule has 1 unspecified atom stereocenters. The summed E-state index contributed by atoms with van der Waals surface area (Å²) in [5.41, 5.74) is 1.07. The number of benzene rings is 2. The van der Waals surface area contributed by atoms with Gasteiger partial charge in [0.25, 0.3) is 0 Å². The van der Waals surface area contributed by atoms with Crippen LogP contribution in [-0.2, 0) is 4.79 Å². The largest absolute Gasteiger partial charge is 0.497 e. The van der Waals surface area contributed by atoms with Gasteiger partial charge < -0.3 is 14.5 Å². The van der Waals surface area contributed by atoms with E-state index in [1.807, 2.05) is 35.4 Å². The number of unbranched alkanes of at least 4 members (excludes halogenated alkanes) is 1. The van der Waals surface area contributed by atoms with Crippen LogP contribution in [0.5, 0.6) is 5.75 Å². The summed E-state index contributed by atoms with van der Waals surface area (Å²) in [6, 6.07) is 18.5. The predicted octanol–water partition coefficient (Wildman–Crippen LogP) is 4.42. The third kappa shape index (κ3) is 5.15. The van der Waals surface area contributed by atoms with Gasteiger partial charge in [-0.3, -0.25) is 9.69 Å². The van der Waals surface area contributed by atoms with Gasteiger partial charge in [-0.1, -0.05) is 36.4 Å². The number of amides is 1. The Morgan fingerprint density at radius 3 is 2.47 bits per heavy atom. The Balaban J connectivity index is 1.03. The van der Waals surface area contributed by atoms with Gasteiger partial charge in [0.05, 0.1) is 13.0 Å². The second kappa shape index (κ2) is 10.7. The number of pyridine rings is 1. The number of rotatable bonds is 8. The van der Waals surface area contributed by atoms with Crippen LogP contribution in [0.2, 0.25) is 0 Å². The number of piperazine rings is 1. The number of aromatic nitrogens is 1. The van der Waals surface area contributed by atoms with Gasteiger partial charge in [0.2, 0.25) is 5.91 Å². The Hall–Kier alpha value is -2.77. The van der Waals surface area contributed by atoms with E-state index in [0.717, 1.165) is 75.1 Å². The van der Waals surface area contributed by atoms with Crippen LogP contribution in [0.3, 0.4) is 0 Å². The lowest BCUT2D eigenvalue weighted by Crippen LogP contribution is -2.47. The highest BCUT2D eigenvalue weighted by molar-refractivity contribution is 8.00. The van der Waals surface area contributed by atoms with E-state index in [1.165, 1.54) is 10.8 Å². The number of carbonyl (C=O) groups excluding carboxylic acids is 1. The van der Waals surface area contributed by atoms with Crippen molar-refractivity contribution in [1.29, 1.82) is 0 Å². The van der Waals surface area contributed by atoms with Crippen LogP contribution in [0.25, 0.3) is 10.8 Å². The number of hydrogen-bond acceptors (Lipinski definition) is 6. The second-order valence-corrected chi connectivity index (χ2v) is 10.0. The number of carbonyl (C=O) groups is 1. The van der Waals surface area contributed by atoms with Gasteiger partial charge in [0.15, 0.2) is 0 Å². The fourth-order valence-corrected chi connectivity index (χ4v) is 5.97. The predicted molar refractivity (Wildman–Crippen MR) is 140 cm³/mol. The number of anilines is 1. The molecular weight excluding hydrogens is 444 g/mol. The molecule has 3 aromatic rings. The van der Waals surface area contributed by atoms with E-state index in [2.05, 4.69) is 45.1 Å². The Bertz CT molecular complexity index is 1120. The topological polar surface area (TPSA) is 48.9 Å². The van der Waals surface area contributed by atoms with E-state index in [9.17, 15) is 4.79 Å². The molecule has 2 aliphatic rings. The molecule has 1 atom stereocenters. The fourth-order valence-electron chi connectivity index (χ4n) is 4.74. The highest BCUT2D eigenvalue weighted by Gasteiger charge is 2.33. The zero-order chi connectivity index (χ0) is 23.3. The number of fused-ring (bicyclic) bond motifs is 1. The summed E-state index contributed by atoms with van der Waals surface area (Å²) in [4.78, 5) is 24.5. The molecule has 2 saturated heterocycles. The van der Waals surface area contributed by atoms with Gasteiger partial charge in [-0.2, -0.15) is 0 Å². The minimum Gasteiger partial charge on any atom is -0.497 e. The van der Waals surface area contributed by atoms with Crippen molar-refractivity contribution in [3.05, 3.63) is 66.4 Å². The summed E-state index contributed by atoms with van der Waals surface area (Å²) in [6.45, 7) is 6.08. The van der Waals surface area contributed by atoms with Crippen molar-refractivity contribution < 1.29 is 9.53 Å². The molecule has 0 bridgehead atoms. The molecule has 2 aliphatic heterocycles. The summed E-state index contributed by atoms with van der Waals surface area (Å²) in [5, 5.41) is 2.36. The number of nitrogens with zero attached hydrogens (tertiary/aromatic N) is 4. The summed E-state index contributed by atoms with van der Waals surface area (Å²) >= 11 is 1.72. The van der Waals surface area contributed by atoms with Crippen LogP contribution in [-0.4, -0.2) is 72.9 Å². The second-order valence-electron chi connectivity index (χ2n) is 8.98. The maximum Gasteiger partial charge on any atom is 0.240 e. The van der Waals surface area contributed by atoms with E-state index in [1.54, 1.807) is 18.9 Å². The highest BCUT2D eigenvalue weighted by Crippen LogP contribution is 2.38. The third-order valence-corrected chi connectivity index (χ3v) is 8.08. The molecule has 3 heterocycles. The number of ether oxygens (including phenoxy) is 1. The van der Waals surface area contributed by atoms with Crippen LogP contribution in [0, 0.1) is 0 Å². The van der Waals surface area contributed by atoms with Crippen LogP contribution in [0.4, 0.5) is 5.82 Å². The SMILES string of the molecule is COc1ccc(C2SCN(CCCCN3CCN(c4cc5ccccc5cn4)CC3)C2=O)cc1. The Morgan fingerprint density at radius 1 is 0.971 bits per heavy atom. The molecule has 1 aromatic heterocycles. The molecule has 7 heteroatoms. The summed E-state index contributed by atoms with van der Waals surface area (Å²) in [6.07, 6.45) is 4.15. The van der Waals surface area contributed by atoms with Gasteiger partial charge >= 0.3 is 0 Å². The fraction of sp³-hybridized carbons (Fsp3) is 0.407. The molecule has 0 spiro atoms. The van der Waals surface area contributed by atoms with E-state index in [-0.39, 0.29) is 11.2 Å². The molecule has 6 nitrogen and oxygen atoms in total. The van der Waals surface area contributed by atoms with Gasteiger partial charge in [-0.15, -0.1) is 11.8 Å². The zero-order valence-corrected chi connectivity index (χ0v) is 20.5. The maximum atomic E-state index is 12.9. The average molecular weight is 477 g/mol. The molecule has 0 radical (unpaired) electrons. The van der Waals surface area contributed by atoms with Crippen molar-refractivity contribution in [3.8, 4) is 5.75 Å². The average Bonchev–Trinajstić information content (AvgIpc) is 3.26. The number of hydrogen-bond donors (Lipinski definition) is 0. The molecule has 2 fully saturated rings. The summed E-state index contributed by atoms with van der Waals surface area (Å²) in [5.74, 6) is 2.93. The molecule has 178 valence electrons.